The summed E-state index contributed by atoms with van der Waals surface area (Å²) in [6.07, 6.45) is 2.33. The van der Waals surface area contributed by atoms with Crippen LogP contribution in [0.1, 0.15) is 34.1 Å². The summed E-state index contributed by atoms with van der Waals surface area (Å²) in [4.78, 5) is 16.2. The summed E-state index contributed by atoms with van der Waals surface area (Å²) in [6, 6.07) is 8.41. The van der Waals surface area contributed by atoms with Gasteiger partial charge in [0.2, 0.25) is 0 Å². The van der Waals surface area contributed by atoms with Crippen LogP contribution in [-0.2, 0) is 0 Å². The van der Waals surface area contributed by atoms with Gasteiger partial charge in [-0.2, -0.15) is 8.78 Å². The van der Waals surface area contributed by atoms with Crippen molar-refractivity contribution in [1.29, 1.82) is 0 Å². The highest BCUT2D eigenvalue weighted by Gasteiger charge is 2.25. The van der Waals surface area contributed by atoms with E-state index >= 15 is 0 Å². The molecule has 1 aromatic carbocycles. The molecular formula is C19H22F2N2O3S. The Hall–Kier alpha value is -2.19. The quantitative estimate of drug-likeness (QED) is 0.735. The molecule has 1 atom stereocenters. The number of amides is 1. The standard InChI is InChI=1S/C19H22F2N2O3S/c1-25-16-11-13(6-7-15(16)26-19(20)21)18(24)22-12-14(17-5-4-10-27-17)23-8-2-3-9-23/h4-7,10-11,14,19H,2-3,8-9,12H2,1H3,(H,22,24). The Morgan fingerprint density at radius 3 is 2.67 bits per heavy atom. The van der Waals surface area contributed by atoms with Crippen LogP contribution in [0.3, 0.4) is 0 Å². The van der Waals surface area contributed by atoms with Crippen LogP contribution in [-0.4, -0.2) is 44.2 Å². The number of halogens is 2. The van der Waals surface area contributed by atoms with E-state index in [9.17, 15) is 13.6 Å². The first-order chi connectivity index (χ1) is 13.1. The number of alkyl halides is 2. The van der Waals surface area contributed by atoms with Crippen LogP contribution < -0.4 is 14.8 Å². The van der Waals surface area contributed by atoms with E-state index < -0.39 is 6.61 Å². The van der Waals surface area contributed by atoms with Crippen LogP contribution in [0.15, 0.2) is 35.7 Å². The van der Waals surface area contributed by atoms with Gasteiger partial charge in [0.05, 0.1) is 13.2 Å². The molecule has 1 saturated heterocycles. The lowest BCUT2D eigenvalue weighted by Gasteiger charge is -2.27. The van der Waals surface area contributed by atoms with Crippen molar-refractivity contribution >= 4 is 17.2 Å². The van der Waals surface area contributed by atoms with Gasteiger partial charge in [-0.1, -0.05) is 6.07 Å². The number of methoxy groups -OCH3 is 1. The molecule has 0 saturated carbocycles. The minimum absolute atomic E-state index is 0.0947. The van der Waals surface area contributed by atoms with E-state index in [-0.39, 0.29) is 23.4 Å². The van der Waals surface area contributed by atoms with E-state index in [1.165, 1.54) is 43.0 Å². The molecule has 1 N–H and O–H groups in total. The highest BCUT2D eigenvalue weighted by molar-refractivity contribution is 7.10. The molecule has 146 valence electrons. The second-order valence-corrected chi connectivity index (χ2v) is 7.21. The number of carbonyl (C=O) groups is 1. The van der Waals surface area contributed by atoms with E-state index in [0.717, 1.165) is 13.1 Å². The van der Waals surface area contributed by atoms with E-state index in [1.54, 1.807) is 11.3 Å². The van der Waals surface area contributed by atoms with Gasteiger partial charge < -0.3 is 14.8 Å². The molecule has 2 heterocycles. The van der Waals surface area contributed by atoms with Gasteiger partial charge in [0, 0.05) is 17.0 Å². The van der Waals surface area contributed by atoms with Crippen LogP contribution in [0, 0.1) is 0 Å². The maximum Gasteiger partial charge on any atom is 0.387 e. The molecule has 5 nitrogen and oxygen atoms in total. The third kappa shape index (κ3) is 4.95. The summed E-state index contributed by atoms with van der Waals surface area (Å²) >= 11 is 1.68. The van der Waals surface area contributed by atoms with Gasteiger partial charge in [0.1, 0.15) is 0 Å². The first kappa shape index (κ1) is 19.6. The number of hydrogen-bond donors (Lipinski definition) is 1. The molecule has 27 heavy (non-hydrogen) atoms. The van der Waals surface area contributed by atoms with Gasteiger partial charge in [0.25, 0.3) is 5.91 Å². The third-order valence-corrected chi connectivity index (χ3v) is 5.52. The zero-order chi connectivity index (χ0) is 19.2. The Morgan fingerprint density at radius 1 is 1.26 bits per heavy atom. The molecule has 1 aliphatic rings. The third-order valence-electron chi connectivity index (χ3n) is 4.55. The second kappa shape index (κ2) is 9.14. The summed E-state index contributed by atoms with van der Waals surface area (Å²) in [7, 11) is 1.34. The average molecular weight is 396 g/mol. The Bertz CT molecular complexity index is 749. The lowest BCUT2D eigenvalue weighted by Crippen LogP contribution is -2.36. The number of ether oxygens (including phenoxy) is 2. The minimum atomic E-state index is -2.95. The number of carbonyl (C=O) groups excluding carboxylic acids is 1. The molecule has 1 aliphatic heterocycles. The largest absolute Gasteiger partial charge is 0.493 e. The van der Waals surface area contributed by atoms with Gasteiger partial charge in [0.15, 0.2) is 11.5 Å². The maximum absolute atomic E-state index is 12.6. The molecule has 0 spiro atoms. The normalized spacial score (nSPS) is 15.7. The van der Waals surface area contributed by atoms with Crippen molar-refractivity contribution < 1.29 is 23.0 Å². The predicted octanol–water partition coefficient (Wildman–Crippen LogP) is 3.93. The van der Waals surface area contributed by atoms with Crippen molar-refractivity contribution in [1.82, 2.24) is 10.2 Å². The number of hydrogen-bond acceptors (Lipinski definition) is 5. The molecule has 1 amide bonds. The molecule has 0 radical (unpaired) electrons. The fourth-order valence-electron chi connectivity index (χ4n) is 3.24. The highest BCUT2D eigenvalue weighted by atomic mass is 32.1. The van der Waals surface area contributed by atoms with Crippen LogP contribution in [0.5, 0.6) is 11.5 Å². The minimum Gasteiger partial charge on any atom is -0.493 e. The highest BCUT2D eigenvalue weighted by Crippen LogP contribution is 2.30. The smallest absolute Gasteiger partial charge is 0.387 e. The van der Waals surface area contributed by atoms with Gasteiger partial charge in [-0.25, -0.2) is 0 Å². The van der Waals surface area contributed by atoms with Crippen LogP contribution in [0.25, 0.3) is 0 Å². The molecule has 1 fully saturated rings. The number of likely N-dealkylation sites (tertiary alicyclic amines) is 1. The molecule has 1 unspecified atom stereocenters. The molecule has 3 rings (SSSR count). The summed E-state index contributed by atoms with van der Waals surface area (Å²) in [5.41, 5.74) is 0.333. The van der Waals surface area contributed by atoms with Crippen molar-refractivity contribution in [2.75, 3.05) is 26.7 Å². The second-order valence-electron chi connectivity index (χ2n) is 6.23. The zero-order valence-electron chi connectivity index (χ0n) is 15.0. The van der Waals surface area contributed by atoms with Gasteiger partial charge >= 0.3 is 6.61 Å². The Labute approximate surface area is 160 Å². The van der Waals surface area contributed by atoms with E-state index in [1.807, 2.05) is 11.4 Å². The van der Waals surface area contributed by atoms with Crippen molar-refractivity contribution in [2.45, 2.75) is 25.5 Å². The number of nitrogens with one attached hydrogen (secondary N) is 1. The number of benzene rings is 1. The number of thiophene rings is 1. The van der Waals surface area contributed by atoms with E-state index in [0.29, 0.717) is 12.1 Å². The number of nitrogens with zero attached hydrogens (tertiary/aromatic N) is 1. The van der Waals surface area contributed by atoms with Crippen molar-refractivity contribution in [2.24, 2.45) is 0 Å². The van der Waals surface area contributed by atoms with Gasteiger partial charge in [-0.15, -0.1) is 11.3 Å². The summed E-state index contributed by atoms with van der Waals surface area (Å²) in [5, 5.41) is 4.99. The molecule has 0 aliphatic carbocycles. The predicted molar refractivity (Wildman–Crippen MR) is 99.8 cm³/mol. The van der Waals surface area contributed by atoms with E-state index in [2.05, 4.69) is 21.0 Å². The Morgan fingerprint density at radius 2 is 2.04 bits per heavy atom. The van der Waals surface area contributed by atoms with Crippen LogP contribution in [0.2, 0.25) is 0 Å². The fraction of sp³-hybridized carbons (Fsp3) is 0.421. The first-order valence-electron chi connectivity index (χ1n) is 8.77. The molecule has 2 aromatic rings. The summed E-state index contributed by atoms with van der Waals surface area (Å²) in [6.45, 7) is -0.431. The zero-order valence-corrected chi connectivity index (χ0v) is 15.8. The van der Waals surface area contributed by atoms with Gasteiger partial charge in [-0.05, 0) is 55.6 Å². The van der Waals surface area contributed by atoms with E-state index in [4.69, 9.17) is 4.74 Å². The summed E-state index contributed by atoms with van der Waals surface area (Å²) < 4.78 is 34.3. The lowest BCUT2D eigenvalue weighted by molar-refractivity contribution is -0.0512. The van der Waals surface area contributed by atoms with Crippen LogP contribution in [0.4, 0.5) is 8.78 Å². The topological polar surface area (TPSA) is 50.8 Å². The average Bonchev–Trinajstić information content (AvgIpc) is 3.36. The Balaban J connectivity index is 1.68. The molecule has 1 aromatic heterocycles. The van der Waals surface area contributed by atoms with Crippen molar-refractivity contribution in [3.8, 4) is 11.5 Å². The molecular weight excluding hydrogens is 374 g/mol. The fourth-order valence-corrected chi connectivity index (χ4v) is 4.10. The van der Waals surface area contributed by atoms with Crippen LogP contribution >= 0.6 is 11.3 Å². The Kier molecular flexibility index (Phi) is 6.63. The van der Waals surface area contributed by atoms with Crippen molar-refractivity contribution in [3.63, 3.8) is 0 Å². The monoisotopic (exact) mass is 396 g/mol. The molecule has 0 bridgehead atoms. The molecule has 8 heteroatoms. The SMILES string of the molecule is COc1cc(C(=O)NCC(c2cccs2)N2CCCC2)ccc1OC(F)F. The first-order valence-corrected chi connectivity index (χ1v) is 9.65. The summed E-state index contributed by atoms with van der Waals surface area (Å²) in [5.74, 6) is -0.285. The van der Waals surface area contributed by atoms with Crippen molar-refractivity contribution in [3.05, 3.63) is 46.2 Å². The van der Waals surface area contributed by atoms with Gasteiger partial charge in [-0.3, -0.25) is 9.69 Å². The lowest BCUT2D eigenvalue weighted by atomic mass is 10.1. The maximum atomic E-state index is 12.6. The number of rotatable bonds is 8.